The number of rotatable bonds is 6. The van der Waals surface area contributed by atoms with Gasteiger partial charge in [0.25, 0.3) is 0 Å². The second-order valence-electron chi connectivity index (χ2n) is 6.33. The molecule has 0 atom stereocenters. The van der Waals surface area contributed by atoms with Crippen molar-refractivity contribution < 1.29 is 0 Å². The van der Waals surface area contributed by atoms with E-state index < -0.39 is 0 Å². The molecule has 0 aliphatic rings. The van der Waals surface area contributed by atoms with Crippen LogP contribution in [0.1, 0.15) is 19.7 Å². The van der Waals surface area contributed by atoms with Crippen molar-refractivity contribution >= 4 is 17.7 Å². The third-order valence-corrected chi connectivity index (χ3v) is 5.15. The van der Waals surface area contributed by atoms with Gasteiger partial charge in [-0.05, 0) is 25.7 Å². The van der Waals surface area contributed by atoms with Crippen molar-refractivity contribution in [3.05, 3.63) is 42.4 Å². The van der Waals surface area contributed by atoms with Gasteiger partial charge in [0.05, 0.1) is 18.4 Å². The number of imidazole rings is 1. The lowest BCUT2D eigenvalue weighted by Gasteiger charge is -2.27. The third-order valence-electron chi connectivity index (χ3n) is 3.90. The van der Waals surface area contributed by atoms with Crippen molar-refractivity contribution in [2.24, 2.45) is 4.99 Å². The SMILES string of the molecule is CN=C(NCC(C)(C)SC)N(C)Cc1ncc(-c2ccccc2)[nH]1. The molecule has 1 aromatic carbocycles. The molecule has 130 valence electrons. The molecule has 0 amide bonds. The summed E-state index contributed by atoms with van der Waals surface area (Å²) in [7, 11) is 3.83. The summed E-state index contributed by atoms with van der Waals surface area (Å²) >= 11 is 1.84. The molecule has 0 aliphatic carbocycles. The largest absolute Gasteiger partial charge is 0.355 e. The average molecular weight is 346 g/mol. The number of guanidine groups is 1. The number of nitrogens with zero attached hydrogens (tertiary/aromatic N) is 3. The van der Waals surface area contributed by atoms with Crippen LogP contribution in [0.3, 0.4) is 0 Å². The van der Waals surface area contributed by atoms with Gasteiger partial charge >= 0.3 is 0 Å². The summed E-state index contributed by atoms with van der Waals surface area (Å²) < 4.78 is 0.169. The summed E-state index contributed by atoms with van der Waals surface area (Å²) in [5.74, 6) is 1.79. The van der Waals surface area contributed by atoms with Crippen LogP contribution in [0, 0.1) is 0 Å². The summed E-state index contributed by atoms with van der Waals surface area (Å²) in [5.41, 5.74) is 2.17. The Morgan fingerprint density at radius 1 is 1.33 bits per heavy atom. The summed E-state index contributed by atoms with van der Waals surface area (Å²) in [4.78, 5) is 14.3. The van der Waals surface area contributed by atoms with Gasteiger partial charge in [0.15, 0.2) is 5.96 Å². The Labute approximate surface area is 149 Å². The molecular formula is C18H27N5S. The maximum absolute atomic E-state index is 4.49. The van der Waals surface area contributed by atoms with E-state index in [4.69, 9.17) is 0 Å². The summed E-state index contributed by atoms with van der Waals surface area (Å²) in [5, 5.41) is 3.43. The van der Waals surface area contributed by atoms with Crippen LogP contribution in [0.5, 0.6) is 0 Å². The Bertz CT molecular complexity index is 663. The highest BCUT2D eigenvalue weighted by Gasteiger charge is 2.17. The van der Waals surface area contributed by atoms with Crippen molar-refractivity contribution in [1.82, 2.24) is 20.2 Å². The number of hydrogen-bond donors (Lipinski definition) is 2. The number of aliphatic imine (C=N–C) groups is 1. The first kappa shape index (κ1) is 18.4. The van der Waals surface area contributed by atoms with E-state index in [1.54, 1.807) is 0 Å². The predicted molar refractivity (Wildman–Crippen MR) is 104 cm³/mol. The van der Waals surface area contributed by atoms with Crippen molar-refractivity contribution in [3.8, 4) is 11.3 Å². The normalized spacial score (nSPS) is 12.3. The smallest absolute Gasteiger partial charge is 0.193 e. The molecule has 1 aromatic heterocycles. The summed E-state index contributed by atoms with van der Waals surface area (Å²) in [6, 6.07) is 10.2. The number of thioether (sulfide) groups is 1. The molecule has 2 N–H and O–H groups in total. The number of benzene rings is 1. The van der Waals surface area contributed by atoms with E-state index >= 15 is 0 Å². The van der Waals surface area contributed by atoms with Crippen LogP contribution in [-0.2, 0) is 6.54 Å². The standard InChI is InChI=1S/C18H27N5S/c1-18(2,24-5)13-21-17(19-3)23(4)12-16-20-11-15(22-16)14-9-7-6-8-10-14/h6-11H,12-13H2,1-5H3,(H,19,21)(H,20,22). The fourth-order valence-corrected chi connectivity index (χ4v) is 2.47. The van der Waals surface area contributed by atoms with Gasteiger partial charge in [-0.25, -0.2) is 4.98 Å². The number of H-pyrrole nitrogens is 1. The maximum Gasteiger partial charge on any atom is 0.193 e. The van der Waals surface area contributed by atoms with Gasteiger partial charge in [-0.1, -0.05) is 30.3 Å². The molecule has 2 rings (SSSR count). The molecule has 0 unspecified atom stereocenters. The van der Waals surface area contributed by atoms with Crippen LogP contribution in [0.15, 0.2) is 41.5 Å². The zero-order valence-electron chi connectivity index (χ0n) is 15.1. The highest BCUT2D eigenvalue weighted by molar-refractivity contribution is 7.99. The van der Waals surface area contributed by atoms with Crippen molar-refractivity contribution in [1.29, 1.82) is 0 Å². The van der Waals surface area contributed by atoms with Crippen LogP contribution in [0.25, 0.3) is 11.3 Å². The number of aromatic nitrogens is 2. The molecule has 2 aromatic rings. The lowest BCUT2D eigenvalue weighted by Crippen LogP contribution is -2.43. The number of aromatic amines is 1. The quantitative estimate of drug-likeness (QED) is 0.623. The highest BCUT2D eigenvalue weighted by atomic mass is 32.2. The van der Waals surface area contributed by atoms with Gasteiger partial charge in [-0.15, -0.1) is 0 Å². The fourth-order valence-electron chi connectivity index (χ4n) is 2.26. The van der Waals surface area contributed by atoms with Crippen LogP contribution < -0.4 is 5.32 Å². The Morgan fingerprint density at radius 2 is 2.04 bits per heavy atom. The third kappa shape index (κ3) is 5.03. The van der Waals surface area contributed by atoms with E-state index in [-0.39, 0.29) is 4.75 Å². The monoisotopic (exact) mass is 345 g/mol. The second-order valence-corrected chi connectivity index (χ2v) is 7.84. The van der Waals surface area contributed by atoms with Crippen molar-refractivity contribution in [2.75, 3.05) is 26.9 Å². The molecule has 0 saturated heterocycles. The molecule has 6 heteroatoms. The molecule has 0 bridgehead atoms. The van der Waals surface area contributed by atoms with E-state index in [9.17, 15) is 0 Å². The second kappa shape index (κ2) is 8.24. The van der Waals surface area contributed by atoms with Crippen LogP contribution in [-0.4, -0.2) is 52.5 Å². The molecule has 5 nitrogen and oxygen atoms in total. The van der Waals surface area contributed by atoms with E-state index in [1.807, 2.05) is 50.3 Å². The number of hydrogen-bond acceptors (Lipinski definition) is 3. The minimum atomic E-state index is 0.169. The van der Waals surface area contributed by atoms with Gasteiger partial charge < -0.3 is 15.2 Å². The summed E-state index contributed by atoms with van der Waals surface area (Å²) in [6.45, 7) is 5.97. The predicted octanol–water partition coefficient (Wildman–Crippen LogP) is 3.23. The highest BCUT2D eigenvalue weighted by Crippen LogP contribution is 2.20. The minimum absolute atomic E-state index is 0.169. The zero-order chi connectivity index (χ0) is 17.6. The lowest BCUT2D eigenvalue weighted by molar-refractivity contribution is 0.460. The van der Waals surface area contributed by atoms with E-state index in [2.05, 4.69) is 57.4 Å². The Balaban J connectivity index is 1.98. The van der Waals surface area contributed by atoms with Gasteiger partial charge in [0, 0.05) is 25.4 Å². The molecule has 0 aliphatic heterocycles. The van der Waals surface area contributed by atoms with E-state index in [0.29, 0.717) is 6.54 Å². The fraction of sp³-hybridized carbons (Fsp3) is 0.444. The topological polar surface area (TPSA) is 56.3 Å². The molecule has 1 heterocycles. The van der Waals surface area contributed by atoms with E-state index in [0.717, 1.165) is 29.6 Å². The minimum Gasteiger partial charge on any atom is -0.355 e. The summed E-state index contributed by atoms with van der Waals surface area (Å²) in [6.07, 6.45) is 4.01. The van der Waals surface area contributed by atoms with Crippen molar-refractivity contribution in [3.63, 3.8) is 0 Å². The molecular weight excluding hydrogens is 318 g/mol. The Kier molecular flexibility index (Phi) is 6.31. The molecule has 24 heavy (non-hydrogen) atoms. The van der Waals surface area contributed by atoms with Crippen LogP contribution in [0.4, 0.5) is 0 Å². The molecule has 0 radical (unpaired) electrons. The lowest BCUT2D eigenvalue weighted by atomic mass is 10.2. The maximum atomic E-state index is 4.49. The number of nitrogens with one attached hydrogen (secondary N) is 2. The first-order chi connectivity index (χ1) is 11.4. The van der Waals surface area contributed by atoms with Gasteiger partial charge in [0.1, 0.15) is 5.82 Å². The van der Waals surface area contributed by atoms with Gasteiger partial charge in [-0.2, -0.15) is 11.8 Å². The van der Waals surface area contributed by atoms with Crippen LogP contribution >= 0.6 is 11.8 Å². The Morgan fingerprint density at radius 3 is 2.67 bits per heavy atom. The first-order valence-electron chi connectivity index (χ1n) is 8.01. The van der Waals surface area contributed by atoms with Gasteiger partial charge in [0.2, 0.25) is 0 Å². The van der Waals surface area contributed by atoms with Crippen molar-refractivity contribution in [2.45, 2.75) is 25.1 Å². The molecule has 0 fully saturated rings. The Hall–Kier alpha value is -1.95. The van der Waals surface area contributed by atoms with E-state index in [1.165, 1.54) is 0 Å². The van der Waals surface area contributed by atoms with Gasteiger partial charge in [-0.3, -0.25) is 4.99 Å². The van der Waals surface area contributed by atoms with Crippen LogP contribution in [0.2, 0.25) is 0 Å². The molecule has 0 spiro atoms. The molecule has 0 saturated carbocycles. The first-order valence-corrected chi connectivity index (χ1v) is 9.24. The zero-order valence-corrected chi connectivity index (χ0v) is 15.9. The average Bonchev–Trinajstić information content (AvgIpc) is 3.04.